The number of methoxy groups -OCH3 is 1. The minimum atomic E-state index is -1.73. The van der Waals surface area contributed by atoms with E-state index < -0.39 is 22.8 Å². The van der Waals surface area contributed by atoms with Crippen LogP contribution in [0.25, 0.3) is 11.0 Å². The van der Waals surface area contributed by atoms with Crippen LogP contribution in [0.3, 0.4) is 0 Å². The maximum atomic E-state index is 14.9. The normalized spacial score (nSPS) is 17.4. The van der Waals surface area contributed by atoms with E-state index in [2.05, 4.69) is 0 Å². The lowest BCUT2D eigenvalue weighted by atomic mass is 9.83. The van der Waals surface area contributed by atoms with Crippen LogP contribution >= 0.6 is 11.6 Å². The van der Waals surface area contributed by atoms with Gasteiger partial charge >= 0.3 is 0 Å². The Morgan fingerprint density at radius 3 is 2.32 bits per heavy atom. The summed E-state index contributed by atoms with van der Waals surface area (Å²) in [6.07, 6.45) is 0. The molecule has 0 saturated heterocycles. The van der Waals surface area contributed by atoms with Crippen LogP contribution in [0, 0.1) is 0 Å². The smallest absolute Gasteiger partial charge is 0.291 e. The molecule has 2 aliphatic rings. The number of hydrogen-bond donors (Lipinski definition) is 0. The third-order valence-corrected chi connectivity index (χ3v) is 8.30. The van der Waals surface area contributed by atoms with E-state index in [1.165, 1.54) is 4.90 Å². The highest BCUT2D eigenvalue weighted by atomic mass is 35.5. The van der Waals surface area contributed by atoms with Gasteiger partial charge in [-0.2, -0.15) is 0 Å². The second-order valence-corrected chi connectivity index (χ2v) is 10.5. The Labute approximate surface area is 240 Å². The van der Waals surface area contributed by atoms with Crippen molar-refractivity contribution < 1.29 is 18.7 Å². The maximum Gasteiger partial charge on any atom is 0.291 e. The highest BCUT2D eigenvalue weighted by Gasteiger charge is 2.65. The molecule has 1 spiro atoms. The molecule has 0 saturated carbocycles. The number of ether oxygens (including phenoxy) is 1. The number of fused-ring (bicyclic) bond motifs is 5. The molecular weight excluding hydrogens is 540 g/mol. The van der Waals surface area contributed by atoms with Crippen LogP contribution in [-0.4, -0.2) is 23.8 Å². The minimum absolute atomic E-state index is 0.0359. The molecule has 7 nitrogen and oxygen atoms in total. The number of para-hydroxylation sites is 2. The van der Waals surface area contributed by atoms with Crippen LogP contribution < -0.4 is 15.1 Å². The summed E-state index contributed by atoms with van der Waals surface area (Å²) in [5.41, 5.74) is 0.839. The second kappa shape index (κ2) is 9.35. The molecule has 0 aliphatic carbocycles. The van der Waals surface area contributed by atoms with Crippen molar-refractivity contribution in [3.05, 3.63) is 140 Å². The van der Waals surface area contributed by atoms with E-state index in [-0.39, 0.29) is 30.0 Å². The summed E-state index contributed by atoms with van der Waals surface area (Å²) in [5, 5.41) is 0.821. The molecule has 1 atom stereocenters. The van der Waals surface area contributed by atoms with Gasteiger partial charge in [-0.1, -0.05) is 72.3 Å². The Morgan fingerprint density at radius 1 is 0.829 bits per heavy atom. The van der Waals surface area contributed by atoms with E-state index in [0.29, 0.717) is 27.4 Å². The first-order valence-electron chi connectivity index (χ1n) is 13.1. The molecule has 3 heterocycles. The number of carbonyl (C=O) groups excluding carboxylic acids is 2. The van der Waals surface area contributed by atoms with Crippen molar-refractivity contribution in [1.29, 1.82) is 0 Å². The first-order valence-corrected chi connectivity index (χ1v) is 13.5. The van der Waals surface area contributed by atoms with Crippen molar-refractivity contribution >= 4 is 40.1 Å². The molecule has 8 heteroatoms. The van der Waals surface area contributed by atoms with Crippen molar-refractivity contribution in [3.63, 3.8) is 0 Å². The van der Waals surface area contributed by atoms with E-state index in [9.17, 15) is 14.4 Å². The van der Waals surface area contributed by atoms with Gasteiger partial charge in [0.1, 0.15) is 11.3 Å². The van der Waals surface area contributed by atoms with E-state index >= 15 is 0 Å². The van der Waals surface area contributed by atoms with Gasteiger partial charge in [0.2, 0.25) is 5.76 Å². The Kier molecular flexibility index (Phi) is 5.73. The van der Waals surface area contributed by atoms with Crippen molar-refractivity contribution in [2.45, 2.75) is 18.6 Å². The largest absolute Gasteiger partial charge is 0.497 e. The first-order chi connectivity index (χ1) is 19.9. The quantitative estimate of drug-likeness (QED) is 0.266. The molecule has 2 aliphatic heterocycles. The number of nitrogens with zero attached hydrogens (tertiary/aromatic N) is 2. The summed E-state index contributed by atoms with van der Waals surface area (Å²) in [4.78, 5) is 46.4. The molecule has 202 valence electrons. The SMILES string of the molecule is COc1ccc(CN2C(=O)c3oc4ccccc4c(=O)c3C23C(=O)N(Cc2ccccc2Cl)c2ccccc23)cc1. The van der Waals surface area contributed by atoms with Gasteiger partial charge in [0.05, 0.1) is 30.3 Å². The van der Waals surface area contributed by atoms with Gasteiger partial charge in [-0.15, -0.1) is 0 Å². The molecule has 1 aromatic heterocycles. The van der Waals surface area contributed by atoms with Crippen LogP contribution in [0.5, 0.6) is 5.75 Å². The summed E-state index contributed by atoms with van der Waals surface area (Å²) in [5.74, 6) is -0.399. The lowest BCUT2D eigenvalue weighted by Gasteiger charge is -2.34. The second-order valence-electron chi connectivity index (χ2n) is 10.1. The maximum absolute atomic E-state index is 14.9. The van der Waals surface area contributed by atoms with Crippen LogP contribution in [0.4, 0.5) is 5.69 Å². The molecule has 0 N–H and O–H groups in total. The van der Waals surface area contributed by atoms with Crippen molar-refractivity contribution in [2.24, 2.45) is 0 Å². The minimum Gasteiger partial charge on any atom is -0.497 e. The average Bonchev–Trinajstić information content (AvgIpc) is 3.39. The van der Waals surface area contributed by atoms with Gasteiger partial charge in [-0.05, 0) is 47.5 Å². The first kappa shape index (κ1) is 25.1. The van der Waals surface area contributed by atoms with Crippen molar-refractivity contribution in [3.8, 4) is 5.75 Å². The van der Waals surface area contributed by atoms with Gasteiger partial charge in [-0.3, -0.25) is 14.4 Å². The number of halogens is 1. The number of hydrogen-bond acceptors (Lipinski definition) is 5. The Bertz CT molecular complexity index is 1930. The predicted molar refractivity (Wildman–Crippen MR) is 155 cm³/mol. The van der Waals surface area contributed by atoms with Crippen LogP contribution in [0.15, 0.2) is 106 Å². The summed E-state index contributed by atoms with van der Waals surface area (Å²) < 4.78 is 11.4. The Morgan fingerprint density at radius 2 is 1.54 bits per heavy atom. The van der Waals surface area contributed by atoms with Crippen molar-refractivity contribution in [1.82, 2.24) is 4.90 Å². The van der Waals surface area contributed by atoms with E-state index in [0.717, 1.165) is 11.1 Å². The number of carbonyl (C=O) groups is 2. The zero-order valence-corrected chi connectivity index (χ0v) is 22.7. The van der Waals surface area contributed by atoms with Gasteiger partial charge in [0.15, 0.2) is 11.0 Å². The van der Waals surface area contributed by atoms with E-state index in [1.54, 1.807) is 60.5 Å². The summed E-state index contributed by atoms with van der Waals surface area (Å²) in [6, 6.07) is 28.6. The molecule has 41 heavy (non-hydrogen) atoms. The zero-order valence-electron chi connectivity index (χ0n) is 22.0. The van der Waals surface area contributed by atoms with Crippen LogP contribution in [0.2, 0.25) is 5.02 Å². The molecule has 0 fully saturated rings. The molecule has 0 radical (unpaired) electrons. The van der Waals surface area contributed by atoms with E-state index in [1.807, 2.05) is 48.5 Å². The van der Waals surface area contributed by atoms with E-state index in [4.69, 9.17) is 20.8 Å². The summed E-state index contributed by atoms with van der Waals surface area (Å²) in [7, 11) is 1.58. The molecule has 5 aromatic rings. The van der Waals surface area contributed by atoms with Crippen LogP contribution in [0.1, 0.15) is 32.8 Å². The highest BCUT2D eigenvalue weighted by molar-refractivity contribution is 6.31. The third kappa shape index (κ3) is 3.55. The fraction of sp³-hybridized carbons (Fsp3) is 0.121. The molecule has 2 amide bonds. The number of benzene rings is 4. The van der Waals surface area contributed by atoms with Gasteiger partial charge in [-0.25, -0.2) is 0 Å². The monoisotopic (exact) mass is 562 g/mol. The Hall–Kier alpha value is -4.88. The number of amides is 2. The predicted octanol–water partition coefficient (Wildman–Crippen LogP) is 5.90. The molecule has 0 bridgehead atoms. The van der Waals surface area contributed by atoms with Gasteiger partial charge in [0.25, 0.3) is 11.8 Å². The third-order valence-electron chi connectivity index (χ3n) is 7.93. The molecule has 4 aromatic carbocycles. The lowest BCUT2D eigenvalue weighted by molar-refractivity contribution is -0.126. The average molecular weight is 563 g/mol. The zero-order chi connectivity index (χ0) is 28.3. The highest BCUT2D eigenvalue weighted by Crippen LogP contribution is 2.53. The van der Waals surface area contributed by atoms with Gasteiger partial charge in [0, 0.05) is 17.1 Å². The molecule has 7 rings (SSSR count). The summed E-state index contributed by atoms with van der Waals surface area (Å²) >= 11 is 6.51. The molecule has 1 unspecified atom stereocenters. The number of rotatable bonds is 5. The van der Waals surface area contributed by atoms with Crippen LogP contribution in [-0.2, 0) is 23.4 Å². The Balaban J connectivity index is 1.49. The standard InChI is InChI=1S/C33H23ClN2O5/c1-40-22-16-14-20(15-17-22)18-36-31(38)30-28(29(37)23-9-3-7-13-27(23)41-30)33(36)24-10-4-6-12-26(24)35(32(33)39)19-21-8-2-5-11-25(21)34/h2-17H,18-19H2,1H3. The topological polar surface area (TPSA) is 80.1 Å². The number of anilines is 1. The van der Waals surface area contributed by atoms with Gasteiger partial charge < -0.3 is 19.0 Å². The summed E-state index contributed by atoms with van der Waals surface area (Å²) in [6.45, 7) is 0.221. The fourth-order valence-corrected chi connectivity index (χ4v) is 6.22. The fourth-order valence-electron chi connectivity index (χ4n) is 6.03. The lowest BCUT2D eigenvalue weighted by Crippen LogP contribution is -2.52. The van der Waals surface area contributed by atoms with Crippen molar-refractivity contribution in [2.75, 3.05) is 12.0 Å². The molecular formula is C33H23ClN2O5.